The number of hydrogen-bond donors (Lipinski definition) is 2. The molecule has 17 heavy (non-hydrogen) atoms. The molecule has 1 fully saturated rings. The van der Waals surface area contributed by atoms with E-state index in [9.17, 15) is 9.59 Å². The zero-order valence-electron chi connectivity index (χ0n) is 9.10. The molecule has 0 aromatic heterocycles. The van der Waals surface area contributed by atoms with E-state index in [2.05, 4.69) is 10.6 Å². The maximum atomic E-state index is 11.8. The van der Waals surface area contributed by atoms with Crippen LogP contribution in [0.15, 0.2) is 24.3 Å². The minimum atomic E-state index is -1.08. The first kappa shape index (κ1) is 10.1. The number of benzene rings is 1. The van der Waals surface area contributed by atoms with E-state index in [1.54, 1.807) is 24.3 Å². The summed E-state index contributed by atoms with van der Waals surface area (Å²) in [6.07, 6.45) is 0.887. The van der Waals surface area contributed by atoms with Gasteiger partial charge in [-0.3, -0.25) is 9.59 Å². The van der Waals surface area contributed by atoms with E-state index in [-0.39, 0.29) is 11.9 Å². The number of amides is 2. The van der Waals surface area contributed by atoms with Crippen LogP contribution in [0.25, 0.3) is 0 Å². The molecule has 1 aromatic carbocycles. The van der Waals surface area contributed by atoms with E-state index in [4.69, 9.17) is 4.74 Å². The molecule has 2 aliphatic rings. The van der Waals surface area contributed by atoms with Crippen molar-refractivity contribution in [2.75, 3.05) is 5.32 Å². The van der Waals surface area contributed by atoms with E-state index < -0.39 is 12.0 Å². The summed E-state index contributed by atoms with van der Waals surface area (Å²) in [4.78, 5) is 23.5. The molecule has 1 aromatic rings. The summed E-state index contributed by atoms with van der Waals surface area (Å²) in [6.45, 7) is 0. The monoisotopic (exact) mass is 232 g/mol. The van der Waals surface area contributed by atoms with E-state index in [1.165, 1.54) is 0 Å². The number of hydrogen-bond acceptors (Lipinski definition) is 3. The number of ether oxygens (including phenoxy) is 1. The molecule has 1 aliphatic heterocycles. The summed E-state index contributed by atoms with van der Waals surface area (Å²) in [5.41, 5.74) is 0.605. The van der Waals surface area contributed by atoms with Crippen molar-refractivity contribution in [3.8, 4) is 5.75 Å². The number of para-hydroxylation sites is 2. The SMILES string of the molecule is O=C1Nc2ccccc2OC1C(=O)NC1CC1. The van der Waals surface area contributed by atoms with Gasteiger partial charge in [0.25, 0.3) is 17.9 Å². The first-order valence-electron chi connectivity index (χ1n) is 5.61. The van der Waals surface area contributed by atoms with Gasteiger partial charge in [0.05, 0.1) is 5.69 Å². The van der Waals surface area contributed by atoms with Gasteiger partial charge in [-0.05, 0) is 25.0 Å². The highest BCUT2D eigenvalue weighted by molar-refractivity contribution is 6.11. The van der Waals surface area contributed by atoms with E-state index >= 15 is 0 Å². The van der Waals surface area contributed by atoms with Gasteiger partial charge in [0.2, 0.25) is 0 Å². The lowest BCUT2D eigenvalue weighted by atomic mass is 10.2. The van der Waals surface area contributed by atoms with Crippen molar-refractivity contribution in [1.29, 1.82) is 0 Å². The molecule has 0 bridgehead atoms. The normalized spacial score (nSPS) is 22.1. The number of fused-ring (bicyclic) bond motifs is 1. The van der Waals surface area contributed by atoms with Gasteiger partial charge in [-0.1, -0.05) is 12.1 Å². The molecule has 1 atom stereocenters. The van der Waals surface area contributed by atoms with Crippen molar-refractivity contribution in [2.45, 2.75) is 25.0 Å². The molecule has 88 valence electrons. The molecule has 2 N–H and O–H groups in total. The number of carbonyl (C=O) groups is 2. The first-order valence-corrected chi connectivity index (χ1v) is 5.61. The van der Waals surface area contributed by atoms with Crippen molar-refractivity contribution in [3.63, 3.8) is 0 Å². The average molecular weight is 232 g/mol. The molecule has 0 radical (unpaired) electrons. The Kier molecular flexibility index (Phi) is 2.24. The first-order chi connectivity index (χ1) is 8.24. The largest absolute Gasteiger partial charge is 0.468 e. The summed E-state index contributed by atoms with van der Waals surface area (Å²) in [5, 5.41) is 5.42. The summed E-state index contributed by atoms with van der Waals surface area (Å²) in [7, 11) is 0. The standard InChI is InChI=1S/C12H12N2O3/c15-11(13-7-5-6-7)10-12(16)14-8-3-1-2-4-9(8)17-10/h1-4,7,10H,5-6H2,(H,13,15)(H,14,16). The van der Waals surface area contributed by atoms with Crippen LogP contribution >= 0.6 is 0 Å². The van der Waals surface area contributed by atoms with Gasteiger partial charge in [0.1, 0.15) is 5.75 Å². The highest BCUT2D eigenvalue weighted by atomic mass is 16.5. The van der Waals surface area contributed by atoms with E-state index in [0.29, 0.717) is 11.4 Å². The predicted molar refractivity (Wildman–Crippen MR) is 60.7 cm³/mol. The van der Waals surface area contributed by atoms with Gasteiger partial charge in [-0.2, -0.15) is 0 Å². The van der Waals surface area contributed by atoms with Crippen LogP contribution in [0.3, 0.4) is 0 Å². The van der Waals surface area contributed by atoms with Gasteiger partial charge in [0, 0.05) is 6.04 Å². The third kappa shape index (κ3) is 1.95. The second-order valence-electron chi connectivity index (χ2n) is 4.27. The second kappa shape index (κ2) is 3.76. The Morgan fingerprint density at radius 2 is 2.12 bits per heavy atom. The third-order valence-electron chi connectivity index (χ3n) is 2.79. The number of rotatable bonds is 2. The number of carbonyl (C=O) groups excluding carboxylic acids is 2. The molecule has 1 aliphatic carbocycles. The highest BCUT2D eigenvalue weighted by Crippen LogP contribution is 2.29. The zero-order chi connectivity index (χ0) is 11.8. The van der Waals surface area contributed by atoms with Crippen LogP contribution in [-0.2, 0) is 9.59 Å². The van der Waals surface area contributed by atoms with E-state index in [0.717, 1.165) is 12.8 Å². The van der Waals surface area contributed by atoms with Crippen molar-refractivity contribution in [2.24, 2.45) is 0 Å². The minimum Gasteiger partial charge on any atom is -0.468 e. The van der Waals surface area contributed by atoms with Gasteiger partial charge in [-0.15, -0.1) is 0 Å². The molecule has 1 saturated carbocycles. The molecule has 2 amide bonds. The Morgan fingerprint density at radius 1 is 1.35 bits per heavy atom. The van der Waals surface area contributed by atoms with Crippen LogP contribution < -0.4 is 15.4 Å². The Morgan fingerprint density at radius 3 is 2.88 bits per heavy atom. The zero-order valence-corrected chi connectivity index (χ0v) is 9.10. The summed E-state index contributed by atoms with van der Waals surface area (Å²) in [6, 6.07) is 7.28. The van der Waals surface area contributed by atoms with Crippen molar-refractivity contribution in [3.05, 3.63) is 24.3 Å². The fourth-order valence-electron chi connectivity index (χ4n) is 1.73. The fraction of sp³-hybridized carbons (Fsp3) is 0.333. The summed E-state index contributed by atoms with van der Waals surface area (Å²) >= 11 is 0. The summed E-state index contributed by atoms with van der Waals surface area (Å²) in [5.74, 6) is -0.246. The molecule has 0 saturated heterocycles. The maximum absolute atomic E-state index is 11.8. The smallest absolute Gasteiger partial charge is 0.275 e. The van der Waals surface area contributed by atoms with Gasteiger partial charge >= 0.3 is 0 Å². The minimum absolute atomic E-state index is 0.219. The lowest BCUT2D eigenvalue weighted by Gasteiger charge is -2.24. The third-order valence-corrected chi connectivity index (χ3v) is 2.79. The van der Waals surface area contributed by atoms with Crippen LogP contribution in [0.5, 0.6) is 5.75 Å². The summed E-state index contributed by atoms with van der Waals surface area (Å²) < 4.78 is 5.41. The fourth-order valence-corrected chi connectivity index (χ4v) is 1.73. The Hall–Kier alpha value is -2.04. The highest BCUT2D eigenvalue weighted by Gasteiger charge is 2.36. The number of nitrogens with one attached hydrogen (secondary N) is 2. The van der Waals surface area contributed by atoms with Crippen molar-refractivity contribution in [1.82, 2.24) is 5.32 Å². The molecule has 5 heteroatoms. The molecule has 1 heterocycles. The molecule has 0 spiro atoms. The molecular weight excluding hydrogens is 220 g/mol. The Balaban J connectivity index is 1.78. The Labute approximate surface area is 98.1 Å². The van der Waals surface area contributed by atoms with Crippen LogP contribution in [0, 0.1) is 0 Å². The number of anilines is 1. The quantitative estimate of drug-likeness (QED) is 0.736. The molecule has 3 rings (SSSR count). The molecular formula is C12H12N2O3. The second-order valence-corrected chi connectivity index (χ2v) is 4.27. The van der Waals surface area contributed by atoms with Crippen LogP contribution in [-0.4, -0.2) is 24.0 Å². The van der Waals surface area contributed by atoms with Gasteiger partial charge < -0.3 is 15.4 Å². The molecule has 1 unspecified atom stereocenters. The Bertz CT molecular complexity index is 482. The van der Waals surface area contributed by atoms with Gasteiger partial charge in [-0.25, -0.2) is 0 Å². The van der Waals surface area contributed by atoms with Crippen LogP contribution in [0.2, 0.25) is 0 Å². The van der Waals surface area contributed by atoms with Crippen molar-refractivity contribution >= 4 is 17.5 Å². The maximum Gasteiger partial charge on any atom is 0.275 e. The topological polar surface area (TPSA) is 67.4 Å². The van der Waals surface area contributed by atoms with Crippen molar-refractivity contribution < 1.29 is 14.3 Å². The lowest BCUT2D eigenvalue weighted by molar-refractivity contribution is -0.137. The van der Waals surface area contributed by atoms with E-state index in [1.807, 2.05) is 0 Å². The average Bonchev–Trinajstić information content (AvgIpc) is 3.12. The van der Waals surface area contributed by atoms with Crippen LogP contribution in [0.1, 0.15) is 12.8 Å². The van der Waals surface area contributed by atoms with Crippen LogP contribution in [0.4, 0.5) is 5.69 Å². The lowest BCUT2D eigenvalue weighted by Crippen LogP contribution is -2.49. The molecule has 5 nitrogen and oxygen atoms in total. The van der Waals surface area contributed by atoms with Gasteiger partial charge in [0.15, 0.2) is 0 Å². The predicted octanol–water partition coefficient (Wildman–Crippen LogP) is 0.665.